The zero-order valence-electron chi connectivity index (χ0n) is 13.2. The monoisotopic (exact) mass is 286 g/mol. The predicted octanol–water partition coefficient (Wildman–Crippen LogP) is 4.82. The van der Waals surface area contributed by atoms with Gasteiger partial charge < -0.3 is 0 Å². The minimum atomic E-state index is 0.322. The summed E-state index contributed by atoms with van der Waals surface area (Å²) in [6, 6.07) is 9.55. The third kappa shape index (κ3) is 3.87. The van der Waals surface area contributed by atoms with E-state index in [1.54, 1.807) is 0 Å². The van der Waals surface area contributed by atoms with E-state index in [2.05, 4.69) is 29.7 Å². The second-order valence-electron chi connectivity index (χ2n) is 7.10. The summed E-state index contributed by atoms with van der Waals surface area (Å²) >= 11 is 0. The average molecular weight is 286 g/mol. The second-order valence-corrected chi connectivity index (χ2v) is 7.10. The Morgan fingerprint density at radius 3 is 2.24 bits per heavy atom. The first-order valence-electron chi connectivity index (χ1n) is 8.93. The van der Waals surface area contributed by atoms with Gasteiger partial charge in [0.15, 0.2) is 0 Å². The van der Waals surface area contributed by atoms with Crippen LogP contribution in [0.4, 0.5) is 0 Å². The van der Waals surface area contributed by atoms with Gasteiger partial charge in [-0.2, -0.15) is 0 Å². The maximum atomic E-state index is 5.81. The van der Waals surface area contributed by atoms with Crippen molar-refractivity contribution in [3.8, 4) is 0 Å². The molecule has 2 aliphatic rings. The fourth-order valence-corrected chi connectivity index (χ4v) is 3.97. The van der Waals surface area contributed by atoms with Crippen molar-refractivity contribution in [2.75, 3.05) is 0 Å². The van der Waals surface area contributed by atoms with Crippen LogP contribution in [0.15, 0.2) is 24.3 Å². The molecule has 0 bridgehead atoms. The molecule has 1 atom stereocenters. The van der Waals surface area contributed by atoms with E-state index in [1.165, 1.54) is 75.3 Å². The first-order valence-corrected chi connectivity index (χ1v) is 8.93. The lowest BCUT2D eigenvalue weighted by Gasteiger charge is -2.27. The first kappa shape index (κ1) is 15.1. The molecular weight excluding hydrogens is 256 g/mol. The summed E-state index contributed by atoms with van der Waals surface area (Å²) in [6.07, 6.45) is 13.8. The van der Waals surface area contributed by atoms with Gasteiger partial charge in [0.25, 0.3) is 0 Å². The van der Waals surface area contributed by atoms with Gasteiger partial charge in [-0.1, -0.05) is 62.8 Å². The van der Waals surface area contributed by atoms with Crippen LogP contribution >= 0.6 is 0 Å². The Hall–Kier alpha value is -0.860. The molecule has 1 aromatic carbocycles. The third-order valence-corrected chi connectivity index (χ3v) is 5.70. The fraction of sp³-hybridized carbons (Fsp3) is 0.684. The van der Waals surface area contributed by atoms with Crippen LogP contribution in [0.2, 0.25) is 0 Å². The molecule has 0 spiro atoms. The minimum Gasteiger partial charge on any atom is -0.271 e. The van der Waals surface area contributed by atoms with Gasteiger partial charge in [0.1, 0.15) is 0 Å². The summed E-state index contributed by atoms with van der Waals surface area (Å²) in [7, 11) is 0. The highest BCUT2D eigenvalue weighted by Crippen LogP contribution is 2.37. The predicted molar refractivity (Wildman–Crippen MR) is 88.9 cm³/mol. The highest BCUT2D eigenvalue weighted by molar-refractivity contribution is 5.28. The molecule has 0 radical (unpaired) electrons. The van der Waals surface area contributed by atoms with Gasteiger partial charge in [0.2, 0.25) is 0 Å². The number of nitrogens with two attached hydrogens (primary N) is 1. The number of rotatable bonds is 6. The number of hydrazine groups is 1. The molecule has 3 rings (SSSR count). The lowest BCUT2D eigenvalue weighted by molar-refractivity contribution is 0.315. The van der Waals surface area contributed by atoms with E-state index in [0.29, 0.717) is 6.04 Å². The van der Waals surface area contributed by atoms with Crippen LogP contribution < -0.4 is 11.3 Å². The molecule has 2 fully saturated rings. The Labute approximate surface area is 129 Å². The van der Waals surface area contributed by atoms with Gasteiger partial charge in [-0.3, -0.25) is 11.3 Å². The van der Waals surface area contributed by atoms with Crippen molar-refractivity contribution in [2.45, 2.75) is 76.2 Å². The molecule has 2 nitrogen and oxygen atoms in total. The molecule has 116 valence electrons. The van der Waals surface area contributed by atoms with Crippen molar-refractivity contribution in [3.63, 3.8) is 0 Å². The molecule has 2 saturated carbocycles. The van der Waals surface area contributed by atoms with Crippen LogP contribution in [-0.2, 0) is 0 Å². The molecule has 0 aromatic heterocycles. The zero-order chi connectivity index (χ0) is 14.5. The maximum absolute atomic E-state index is 5.81. The highest BCUT2D eigenvalue weighted by Gasteiger charge is 2.20. The summed E-state index contributed by atoms with van der Waals surface area (Å²) < 4.78 is 0. The Kier molecular flexibility index (Phi) is 5.32. The van der Waals surface area contributed by atoms with E-state index in [4.69, 9.17) is 5.84 Å². The summed E-state index contributed by atoms with van der Waals surface area (Å²) in [5.74, 6) is 7.56. The van der Waals surface area contributed by atoms with Crippen LogP contribution in [0.3, 0.4) is 0 Å². The van der Waals surface area contributed by atoms with Gasteiger partial charge in [-0.25, -0.2) is 0 Å². The Bertz CT molecular complexity index is 416. The van der Waals surface area contributed by atoms with Gasteiger partial charge in [0.05, 0.1) is 0 Å². The molecule has 0 aliphatic heterocycles. The summed E-state index contributed by atoms with van der Waals surface area (Å²) in [5, 5.41) is 0. The molecule has 1 unspecified atom stereocenters. The number of benzene rings is 1. The lowest BCUT2D eigenvalue weighted by atomic mass is 9.79. The second kappa shape index (κ2) is 7.42. The van der Waals surface area contributed by atoms with E-state index < -0.39 is 0 Å². The van der Waals surface area contributed by atoms with Crippen molar-refractivity contribution in [1.29, 1.82) is 0 Å². The molecular formula is C19H30N2. The van der Waals surface area contributed by atoms with Crippen LogP contribution in [0.1, 0.15) is 87.3 Å². The van der Waals surface area contributed by atoms with Crippen molar-refractivity contribution < 1.29 is 0 Å². The third-order valence-electron chi connectivity index (χ3n) is 5.70. The average Bonchev–Trinajstić information content (AvgIpc) is 2.49. The van der Waals surface area contributed by atoms with Crippen molar-refractivity contribution in [3.05, 3.63) is 35.4 Å². The fourth-order valence-electron chi connectivity index (χ4n) is 3.97. The number of hydrogen-bond donors (Lipinski definition) is 2. The Morgan fingerprint density at radius 2 is 1.67 bits per heavy atom. The van der Waals surface area contributed by atoms with E-state index >= 15 is 0 Å². The standard InChI is InChI=1S/C19H30N2/c20-21-19(14-9-15-5-2-1-3-6-15)18-12-10-17(11-13-18)16-7-4-8-16/h10-13,15-16,19,21H,1-9,14,20H2. The van der Waals surface area contributed by atoms with Crippen molar-refractivity contribution in [2.24, 2.45) is 11.8 Å². The quantitative estimate of drug-likeness (QED) is 0.581. The molecule has 1 aromatic rings. The summed E-state index contributed by atoms with van der Waals surface area (Å²) in [4.78, 5) is 0. The van der Waals surface area contributed by atoms with Crippen LogP contribution in [-0.4, -0.2) is 0 Å². The van der Waals surface area contributed by atoms with Crippen LogP contribution in [0, 0.1) is 5.92 Å². The van der Waals surface area contributed by atoms with Crippen LogP contribution in [0.25, 0.3) is 0 Å². The molecule has 3 N–H and O–H groups in total. The maximum Gasteiger partial charge on any atom is 0.0460 e. The van der Waals surface area contributed by atoms with Gasteiger partial charge >= 0.3 is 0 Å². The van der Waals surface area contributed by atoms with Gasteiger partial charge in [-0.05, 0) is 48.6 Å². The SMILES string of the molecule is NNC(CCC1CCCCC1)c1ccc(C2CCC2)cc1. The molecule has 0 saturated heterocycles. The summed E-state index contributed by atoms with van der Waals surface area (Å²) in [6.45, 7) is 0. The molecule has 21 heavy (non-hydrogen) atoms. The van der Waals surface area contributed by atoms with Gasteiger partial charge in [-0.15, -0.1) is 0 Å². The topological polar surface area (TPSA) is 38.0 Å². The Balaban J connectivity index is 1.54. The van der Waals surface area contributed by atoms with E-state index in [-0.39, 0.29) is 0 Å². The lowest BCUT2D eigenvalue weighted by Crippen LogP contribution is -2.28. The van der Waals surface area contributed by atoms with Crippen molar-refractivity contribution >= 4 is 0 Å². The Morgan fingerprint density at radius 1 is 0.952 bits per heavy atom. The van der Waals surface area contributed by atoms with E-state index in [0.717, 1.165) is 11.8 Å². The van der Waals surface area contributed by atoms with E-state index in [9.17, 15) is 0 Å². The minimum absolute atomic E-state index is 0.322. The molecule has 2 aliphatic carbocycles. The largest absolute Gasteiger partial charge is 0.271 e. The van der Waals surface area contributed by atoms with E-state index in [1.807, 2.05) is 0 Å². The molecule has 0 heterocycles. The number of hydrogen-bond acceptors (Lipinski definition) is 2. The number of nitrogens with one attached hydrogen (secondary N) is 1. The zero-order valence-corrected chi connectivity index (χ0v) is 13.2. The normalized spacial score (nSPS) is 22.0. The van der Waals surface area contributed by atoms with Gasteiger partial charge in [0, 0.05) is 6.04 Å². The van der Waals surface area contributed by atoms with Crippen LogP contribution in [0.5, 0.6) is 0 Å². The first-order chi connectivity index (χ1) is 10.4. The highest BCUT2D eigenvalue weighted by atomic mass is 15.2. The molecule has 0 amide bonds. The summed E-state index contributed by atoms with van der Waals surface area (Å²) in [5.41, 5.74) is 5.91. The van der Waals surface area contributed by atoms with Crippen molar-refractivity contribution in [1.82, 2.24) is 5.43 Å². The molecule has 2 heteroatoms. The smallest absolute Gasteiger partial charge is 0.0460 e.